The van der Waals surface area contributed by atoms with Gasteiger partial charge in [0.1, 0.15) is 9.84 Å². The maximum absolute atomic E-state index is 11.6. The molecule has 8 heteroatoms. The average Bonchev–Trinajstić information content (AvgIpc) is 2.85. The molecular weight excluding hydrogens is 288 g/mol. The lowest BCUT2D eigenvalue weighted by Gasteiger charge is -2.14. The van der Waals surface area contributed by atoms with Crippen LogP contribution in [0.4, 0.5) is 0 Å². The summed E-state index contributed by atoms with van der Waals surface area (Å²) in [5, 5.41) is 15.9. The maximum atomic E-state index is 11.6. The van der Waals surface area contributed by atoms with Gasteiger partial charge in [0.25, 0.3) is 0 Å². The summed E-state index contributed by atoms with van der Waals surface area (Å²) in [5.41, 5.74) is 6.30. The van der Waals surface area contributed by atoms with Crippen LogP contribution in [0.3, 0.4) is 0 Å². The molecule has 1 rings (SSSR count). The van der Waals surface area contributed by atoms with Crippen LogP contribution >= 0.6 is 11.3 Å². The van der Waals surface area contributed by atoms with Gasteiger partial charge in [0.15, 0.2) is 0 Å². The van der Waals surface area contributed by atoms with Gasteiger partial charge in [-0.1, -0.05) is 0 Å². The number of aliphatic hydroxyl groups is 1. The Kier molecular flexibility index (Phi) is 5.92. The first-order chi connectivity index (χ1) is 8.79. The number of rotatable bonds is 7. The number of hydrogen-bond acceptors (Lipinski definition) is 6. The zero-order chi connectivity index (χ0) is 14.5. The summed E-state index contributed by atoms with van der Waals surface area (Å²) >= 11 is 1.46. The molecule has 2 atom stereocenters. The van der Waals surface area contributed by atoms with E-state index in [1.807, 2.05) is 5.38 Å². The van der Waals surface area contributed by atoms with E-state index in [1.54, 1.807) is 11.4 Å². The highest BCUT2D eigenvalue weighted by atomic mass is 32.2. The minimum absolute atomic E-state index is 0.0577. The molecule has 0 bridgehead atoms. The number of hydrogen-bond donors (Lipinski definition) is 3. The molecular formula is C11H18N2O4S2. The monoisotopic (exact) mass is 306 g/mol. The van der Waals surface area contributed by atoms with Gasteiger partial charge in [0.2, 0.25) is 5.91 Å². The number of carbonyl (C=O) groups excluding carboxylic acids is 1. The standard InChI is InChI=1S/C11H18N2O4S2/c1-19(16,17)5-3-9(12)11(15)13-6-10(14)8-2-4-18-7-8/h2,4,7,9-10,14H,3,5-6,12H2,1H3,(H,13,15). The van der Waals surface area contributed by atoms with Crippen LogP contribution in [0.5, 0.6) is 0 Å². The van der Waals surface area contributed by atoms with Crippen molar-refractivity contribution in [2.45, 2.75) is 18.6 Å². The third-order valence-corrected chi connectivity index (χ3v) is 4.21. The van der Waals surface area contributed by atoms with Gasteiger partial charge in [0, 0.05) is 12.8 Å². The largest absolute Gasteiger partial charge is 0.387 e. The number of carbonyl (C=O) groups is 1. The Morgan fingerprint density at radius 2 is 2.26 bits per heavy atom. The third-order valence-electron chi connectivity index (χ3n) is 2.53. The van der Waals surface area contributed by atoms with Crippen LogP contribution in [0.1, 0.15) is 18.1 Å². The van der Waals surface area contributed by atoms with E-state index in [-0.39, 0.29) is 18.7 Å². The Labute approximate surface area is 116 Å². The molecule has 1 aromatic heterocycles. The molecule has 2 unspecified atom stereocenters. The first-order valence-electron chi connectivity index (χ1n) is 5.71. The fraction of sp³-hybridized carbons (Fsp3) is 0.545. The molecule has 0 saturated heterocycles. The molecule has 0 saturated carbocycles. The molecule has 1 amide bonds. The van der Waals surface area contributed by atoms with Crippen molar-refractivity contribution in [3.05, 3.63) is 22.4 Å². The van der Waals surface area contributed by atoms with Crippen LogP contribution < -0.4 is 11.1 Å². The van der Waals surface area contributed by atoms with E-state index in [0.717, 1.165) is 11.8 Å². The Morgan fingerprint density at radius 3 is 2.79 bits per heavy atom. The third kappa shape index (κ3) is 6.15. The zero-order valence-corrected chi connectivity index (χ0v) is 12.2. The summed E-state index contributed by atoms with van der Waals surface area (Å²) < 4.78 is 21.9. The second kappa shape index (κ2) is 6.99. The summed E-state index contributed by atoms with van der Waals surface area (Å²) in [7, 11) is -3.13. The maximum Gasteiger partial charge on any atom is 0.237 e. The van der Waals surface area contributed by atoms with E-state index in [4.69, 9.17) is 5.73 Å². The van der Waals surface area contributed by atoms with Crippen molar-refractivity contribution >= 4 is 27.1 Å². The highest BCUT2D eigenvalue weighted by Crippen LogP contribution is 2.14. The molecule has 6 nitrogen and oxygen atoms in total. The quantitative estimate of drug-likeness (QED) is 0.638. The SMILES string of the molecule is CS(=O)(=O)CCC(N)C(=O)NCC(O)c1ccsc1. The average molecular weight is 306 g/mol. The van der Waals surface area contributed by atoms with E-state index >= 15 is 0 Å². The van der Waals surface area contributed by atoms with Crippen molar-refractivity contribution < 1.29 is 18.3 Å². The summed E-state index contributed by atoms with van der Waals surface area (Å²) in [6.07, 6.45) is 0.384. The predicted octanol–water partition coefficient (Wildman–Crippen LogP) is -0.340. The molecule has 19 heavy (non-hydrogen) atoms. The molecule has 4 N–H and O–H groups in total. The van der Waals surface area contributed by atoms with E-state index < -0.39 is 27.9 Å². The summed E-state index contributed by atoms with van der Waals surface area (Å²) in [6, 6.07) is 0.884. The van der Waals surface area contributed by atoms with E-state index in [0.29, 0.717) is 0 Å². The predicted molar refractivity (Wildman–Crippen MR) is 74.6 cm³/mol. The van der Waals surface area contributed by atoms with Gasteiger partial charge in [-0.05, 0) is 28.8 Å². The second-order valence-electron chi connectivity index (χ2n) is 4.34. The highest BCUT2D eigenvalue weighted by Gasteiger charge is 2.17. The highest BCUT2D eigenvalue weighted by molar-refractivity contribution is 7.90. The molecule has 0 radical (unpaired) electrons. The van der Waals surface area contributed by atoms with Crippen molar-refractivity contribution in [3.63, 3.8) is 0 Å². The van der Waals surface area contributed by atoms with Gasteiger partial charge < -0.3 is 16.2 Å². The Hall–Kier alpha value is -0.960. The van der Waals surface area contributed by atoms with Gasteiger partial charge in [0.05, 0.1) is 17.9 Å². The van der Waals surface area contributed by atoms with Crippen molar-refractivity contribution in [3.8, 4) is 0 Å². The molecule has 1 aromatic rings. The number of thiophene rings is 1. The van der Waals surface area contributed by atoms with Crippen molar-refractivity contribution in [2.24, 2.45) is 5.73 Å². The fourth-order valence-corrected chi connectivity index (χ4v) is 2.77. The van der Waals surface area contributed by atoms with E-state index in [2.05, 4.69) is 5.32 Å². The Balaban J connectivity index is 2.34. The molecule has 0 aromatic carbocycles. The topological polar surface area (TPSA) is 109 Å². The van der Waals surface area contributed by atoms with Gasteiger partial charge in [-0.2, -0.15) is 11.3 Å². The molecule has 0 aliphatic heterocycles. The number of aliphatic hydroxyl groups excluding tert-OH is 1. The molecule has 0 fully saturated rings. The number of sulfone groups is 1. The smallest absolute Gasteiger partial charge is 0.237 e. The van der Waals surface area contributed by atoms with Gasteiger partial charge in [-0.3, -0.25) is 4.79 Å². The van der Waals surface area contributed by atoms with Gasteiger partial charge >= 0.3 is 0 Å². The molecule has 1 heterocycles. The molecule has 0 aliphatic rings. The van der Waals surface area contributed by atoms with Crippen LogP contribution in [0.25, 0.3) is 0 Å². The Morgan fingerprint density at radius 1 is 1.58 bits per heavy atom. The lowest BCUT2D eigenvalue weighted by molar-refractivity contribution is -0.122. The molecule has 0 spiro atoms. The lowest BCUT2D eigenvalue weighted by Crippen LogP contribution is -2.43. The fourth-order valence-electron chi connectivity index (χ4n) is 1.38. The lowest BCUT2D eigenvalue weighted by atomic mass is 10.2. The van der Waals surface area contributed by atoms with Gasteiger partial charge in [-0.15, -0.1) is 0 Å². The van der Waals surface area contributed by atoms with Crippen molar-refractivity contribution in [2.75, 3.05) is 18.6 Å². The minimum atomic E-state index is -3.13. The molecule has 0 aliphatic carbocycles. The van der Waals surface area contributed by atoms with Crippen LogP contribution in [0.2, 0.25) is 0 Å². The normalized spacial score (nSPS) is 14.9. The minimum Gasteiger partial charge on any atom is -0.387 e. The van der Waals surface area contributed by atoms with E-state index in [1.165, 1.54) is 11.3 Å². The second-order valence-corrected chi connectivity index (χ2v) is 7.38. The molecule has 108 valence electrons. The Bertz CT molecular complexity index is 499. The number of nitrogens with one attached hydrogen (secondary N) is 1. The number of nitrogens with two attached hydrogens (primary N) is 1. The van der Waals surface area contributed by atoms with Crippen LogP contribution in [0, 0.1) is 0 Å². The summed E-state index contributed by atoms with van der Waals surface area (Å²) in [4.78, 5) is 11.6. The van der Waals surface area contributed by atoms with Crippen molar-refractivity contribution in [1.82, 2.24) is 5.32 Å². The zero-order valence-electron chi connectivity index (χ0n) is 10.6. The van der Waals surface area contributed by atoms with Gasteiger partial charge in [-0.25, -0.2) is 8.42 Å². The first-order valence-corrected chi connectivity index (χ1v) is 8.71. The van der Waals surface area contributed by atoms with Crippen molar-refractivity contribution in [1.29, 1.82) is 0 Å². The van der Waals surface area contributed by atoms with E-state index in [9.17, 15) is 18.3 Å². The van der Waals surface area contributed by atoms with Crippen LogP contribution in [-0.4, -0.2) is 44.0 Å². The first kappa shape index (κ1) is 16.1. The summed E-state index contributed by atoms with van der Waals surface area (Å²) in [6.45, 7) is 0.0577. The van der Waals surface area contributed by atoms with Crippen LogP contribution in [0.15, 0.2) is 16.8 Å². The van der Waals surface area contributed by atoms with Crippen LogP contribution in [-0.2, 0) is 14.6 Å². The number of amides is 1. The summed E-state index contributed by atoms with van der Waals surface area (Å²) in [5.74, 6) is -0.591.